The molecule has 0 saturated carbocycles. The first-order valence-electron chi connectivity index (χ1n) is 17.6. The van der Waals surface area contributed by atoms with Crippen molar-refractivity contribution in [3.05, 3.63) is 169 Å². The van der Waals surface area contributed by atoms with E-state index in [0.717, 1.165) is 44.9 Å². The molecular weight excluding hydrogens is 621 g/mol. The number of nitrogens with zero attached hydrogens (tertiary/aromatic N) is 4. The Labute approximate surface area is 302 Å². The minimum absolute atomic E-state index is 0.0743. The molecule has 1 heterocycles. The monoisotopic (exact) mass is 664 g/mol. The molecule has 6 aromatic carbocycles. The number of benzene rings is 6. The number of hydrogen-bond donors (Lipinski definition) is 0. The van der Waals surface area contributed by atoms with Crippen molar-refractivity contribution in [3.8, 4) is 45.3 Å². The van der Waals surface area contributed by atoms with E-state index < -0.39 is 0 Å². The van der Waals surface area contributed by atoms with Crippen LogP contribution in [-0.2, 0) is 10.8 Å². The van der Waals surface area contributed by atoms with Gasteiger partial charge in [-0.3, -0.25) is 0 Å². The van der Waals surface area contributed by atoms with Crippen LogP contribution in [0.4, 0.5) is 17.1 Å². The lowest BCUT2D eigenvalue weighted by Crippen LogP contribution is -2.14. The Hall–Kier alpha value is -5.87. The summed E-state index contributed by atoms with van der Waals surface area (Å²) in [6, 6.07) is 55.4. The molecule has 51 heavy (non-hydrogen) atoms. The fourth-order valence-corrected chi connectivity index (χ4v) is 6.27. The number of aromatic nitrogens is 3. The third-order valence-corrected chi connectivity index (χ3v) is 9.24. The van der Waals surface area contributed by atoms with Crippen LogP contribution in [0.15, 0.2) is 158 Å². The van der Waals surface area contributed by atoms with E-state index in [1.54, 1.807) is 0 Å². The molecule has 0 aliphatic rings. The lowest BCUT2D eigenvalue weighted by atomic mass is 9.86. The number of anilines is 3. The summed E-state index contributed by atoms with van der Waals surface area (Å²) >= 11 is 0. The van der Waals surface area contributed by atoms with Crippen LogP contribution in [0.5, 0.6) is 0 Å². The Morgan fingerprint density at radius 3 is 1.16 bits per heavy atom. The van der Waals surface area contributed by atoms with Crippen LogP contribution in [-0.4, -0.2) is 15.0 Å². The predicted octanol–water partition coefficient (Wildman–Crippen LogP) is 12.6. The molecule has 0 atom stereocenters. The van der Waals surface area contributed by atoms with E-state index >= 15 is 0 Å². The maximum atomic E-state index is 4.98. The zero-order valence-electron chi connectivity index (χ0n) is 30.3. The van der Waals surface area contributed by atoms with Crippen molar-refractivity contribution in [2.24, 2.45) is 0 Å². The first-order chi connectivity index (χ1) is 24.5. The van der Waals surface area contributed by atoms with Gasteiger partial charge in [0.05, 0.1) is 0 Å². The molecule has 7 rings (SSSR count). The number of rotatable bonds is 7. The summed E-state index contributed by atoms with van der Waals surface area (Å²) in [7, 11) is 0. The van der Waals surface area contributed by atoms with Crippen molar-refractivity contribution in [1.82, 2.24) is 15.0 Å². The predicted molar refractivity (Wildman–Crippen MR) is 214 cm³/mol. The first kappa shape index (κ1) is 33.6. The Kier molecular flexibility index (Phi) is 9.10. The Balaban J connectivity index is 1.30. The first-order valence-corrected chi connectivity index (χ1v) is 17.6. The van der Waals surface area contributed by atoms with Crippen molar-refractivity contribution in [1.29, 1.82) is 0 Å². The van der Waals surface area contributed by atoms with Gasteiger partial charge in [-0.2, -0.15) is 0 Å². The maximum absolute atomic E-state index is 4.98. The Bertz CT molecular complexity index is 2130. The summed E-state index contributed by atoms with van der Waals surface area (Å²) in [5, 5.41) is 0. The van der Waals surface area contributed by atoms with Gasteiger partial charge in [0.15, 0.2) is 17.5 Å². The summed E-state index contributed by atoms with van der Waals surface area (Å²) in [5.41, 5.74) is 11.1. The molecule has 4 nitrogen and oxygen atoms in total. The zero-order chi connectivity index (χ0) is 35.6. The van der Waals surface area contributed by atoms with Gasteiger partial charge in [-0.05, 0) is 75.5 Å². The average molecular weight is 665 g/mol. The van der Waals surface area contributed by atoms with E-state index in [0.29, 0.717) is 17.5 Å². The van der Waals surface area contributed by atoms with Crippen molar-refractivity contribution < 1.29 is 0 Å². The average Bonchev–Trinajstić information content (AvgIpc) is 3.15. The van der Waals surface area contributed by atoms with Crippen molar-refractivity contribution in [3.63, 3.8) is 0 Å². The van der Waals surface area contributed by atoms with E-state index in [2.05, 4.69) is 144 Å². The second-order valence-corrected chi connectivity index (χ2v) is 15.1. The third-order valence-electron chi connectivity index (χ3n) is 9.24. The van der Waals surface area contributed by atoms with Crippen molar-refractivity contribution >= 4 is 17.1 Å². The molecule has 4 heteroatoms. The van der Waals surface area contributed by atoms with Crippen LogP contribution in [0, 0.1) is 0 Å². The normalized spacial score (nSPS) is 11.7. The molecule has 0 aliphatic carbocycles. The summed E-state index contributed by atoms with van der Waals surface area (Å²) in [5.74, 6) is 1.94. The van der Waals surface area contributed by atoms with Gasteiger partial charge < -0.3 is 4.90 Å². The van der Waals surface area contributed by atoms with Crippen molar-refractivity contribution in [2.45, 2.75) is 52.4 Å². The van der Waals surface area contributed by atoms with E-state index in [4.69, 9.17) is 15.0 Å². The van der Waals surface area contributed by atoms with Crippen LogP contribution in [0.1, 0.15) is 52.7 Å². The molecule has 0 spiro atoms. The minimum atomic E-state index is 0.0743. The molecule has 0 radical (unpaired) electrons. The van der Waals surface area contributed by atoms with Crippen LogP contribution >= 0.6 is 0 Å². The van der Waals surface area contributed by atoms with Gasteiger partial charge in [-0.25, -0.2) is 15.0 Å². The Morgan fingerprint density at radius 1 is 0.333 bits per heavy atom. The summed E-state index contributed by atoms with van der Waals surface area (Å²) < 4.78 is 0. The smallest absolute Gasteiger partial charge is 0.164 e. The van der Waals surface area contributed by atoms with Crippen LogP contribution in [0.25, 0.3) is 45.3 Å². The molecule has 0 amide bonds. The summed E-state index contributed by atoms with van der Waals surface area (Å²) in [4.78, 5) is 17.2. The van der Waals surface area contributed by atoms with Gasteiger partial charge in [0, 0.05) is 33.8 Å². The van der Waals surface area contributed by atoms with Gasteiger partial charge in [0.2, 0.25) is 0 Å². The number of hydrogen-bond acceptors (Lipinski definition) is 4. The highest BCUT2D eigenvalue weighted by atomic mass is 15.1. The Morgan fingerprint density at radius 2 is 0.706 bits per heavy atom. The van der Waals surface area contributed by atoms with Gasteiger partial charge >= 0.3 is 0 Å². The molecule has 0 N–H and O–H groups in total. The molecule has 7 aromatic rings. The van der Waals surface area contributed by atoms with E-state index in [1.807, 2.05) is 60.7 Å². The lowest BCUT2D eigenvalue weighted by Gasteiger charge is -2.28. The topological polar surface area (TPSA) is 41.9 Å². The maximum Gasteiger partial charge on any atom is 0.164 e. The van der Waals surface area contributed by atoms with Gasteiger partial charge in [-0.1, -0.05) is 157 Å². The molecular formula is C47H44N4. The third kappa shape index (κ3) is 7.51. The standard InChI is InChI=1S/C47H44N4/c1-46(2,3)38-23-27-40(28-24-38)51(41-29-25-39(26-30-41)47(4,5)6)42-22-14-20-36(32-42)35-19-13-21-37(31-35)45-49-43(33-15-9-7-10-16-33)48-44(50-45)34-17-11-8-12-18-34/h7-32H,1-6H3. The largest absolute Gasteiger partial charge is 0.310 e. The second-order valence-electron chi connectivity index (χ2n) is 15.1. The molecule has 252 valence electrons. The molecule has 0 saturated heterocycles. The summed E-state index contributed by atoms with van der Waals surface area (Å²) in [6.07, 6.45) is 0. The van der Waals surface area contributed by atoms with Crippen LogP contribution < -0.4 is 4.90 Å². The highest BCUT2D eigenvalue weighted by molar-refractivity contribution is 5.81. The summed E-state index contributed by atoms with van der Waals surface area (Å²) in [6.45, 7) is 13.5. The highest BCUT2D eigenvalue weighted by Crippen LogP contribution is 2.39. The van der Waals surface area contributed by atoms with Gasteiger partial charge in [0.25, 0.3) is 0 Å². The lowest BCUT2D eigenvalue weighted by molar-refractivity contribution is 0.590. The molecule has 0 unspecified atom stereocenters. The second kappa shape index (κ2) is 13.8. The SMILES string of the molecule is CC(C)(C)c1ccc(N(c2ccc(C(C)(C)C)cc2)c2cccc(-c3cccc(-c4nc(-c5ccccc5)nc(-c5ccccc5)n4)c3)c2)cc1. The fraction of sp³-hybridized carbons (Fsp3) is 0.170. The molecule has 0 bridgehead atoms. The zero-order valence-corrected chi connectivity index (χ0v) is 30.3. The molecule has 1 aromatic heterocycles. The van der Waals surface area contributed by atoms with Gasteiger partial charge in [-0.15, -0.1) is 0 Å². The molecule has 0 fully saturated rings. The van der Waals surface area contributed by atoms with Crippen LogP contribution in [0.2, 0.25) is 0 Å². The van der Waals surface area contributed by atoms with Crippen molar-refractivity contribution in [2.75, 3.05) is 4.90 Å². The van der Waals surface area contributed by atoms with E-state index in [1.165, 1.54) is 11.1 Å². The molecule has 0 aliphatic heterocycles. The van der Waals surface area contributed by atoms with Crippen LogP contribution in [0.3, 0.4) is 0 Å². The van der Waals surface area contributed by atoms with E-state index in [-0.39, 0.29) is 10.8 Å². The minimum Gasteiger partial charge on any atom is -0.310 e. The fourth-order valence-electron chi connectivity index (χ4n) is 6.27. The van der Waals surface area contributed by atoms with E-state index in [9.17, 15) is 0 Å². The van der Waals surface area contributed by atoms with Gasteiger partial charge in [0.1, 0.15) is 0 Å². The quantitative estimate of drug-likeness (QED) is 0.170. The highest BCUT2D eigenvalue weighted by Gasteiger charge is 2.19.